The van der Waals surface area contributed by atoms with Gasteiger partial charge in [-0.25, -0.2) is 14.5 Å². The van der Waals surface area contributed by atoms with Gasteiger partial charge in [-0.05, 0) is 18.2 Å². The van der Waals surface area contributed by atoms with Crippen LogP contribution in [-0.4, -0.2) is 25.8 Å². The molecule has 0 bridgehead atoms. The van der Waals surface area contributed by atoms with Crippen LogP contribution in [0.25, 0.3) is 5.69 Å². The van der Waals surface area contributed by atoms with Crippen molar-refractivity contribution in [3.63, 3.8) is 0 Å². The number of hydrogen-bond acceptors (Lipinski definition) is 3. The van der Waals surface area contributed by atoms with Crippen molar-refractivity contribution >= 4 is 17.6 Å². The van der Waals surface area contributed by atoms with Crippen molar-refractivity contribution in [2.24, 2.45) is 0 Å². The van der Waals surface area contributed by atoms with E-state index in [1.165, 1.54) is 16.9 Å². The number of aromatic nitrogens is 3. The molecule has 6 heteroatoms. The Morgan fingerprint density at radius 2 is 2.27 bits per heavy atom. The summed E-state index contributed by atoms with van der Waals surface area (Å²) in [6.45, 7) is 0. The summed E-state index contributed by atoms with van der Waals surface area (Å²) in [4.78, 5) is 14.4. The highest BCUT2D eigenvalue weighted by molar-refractivity contribution is 6.29. The normalized spacial score (nSPS) is 10.2. The van der Waals surface area contributed by atoms with E-state index in [9.17, 15) is 4.79 Å². The molecule has 2 heterocycles. The first-order valence-corrected chi connectivity index (χ1v) is 4.45. The van der Waals surface area contributed by atoms with Crippen molar-refractivity contribution in [3.8, 4) is 5.69 Å². The number of halogens is 1. The molecule has 1 N–H and O–H groups in total. The zero-order valence-corrected chi connectivity index (χ0v) is 8.22. The number of aromatic carboxylic acids is 1. The zero-order chi connectivity index (χ0) is 10.8. The maximum atomic E-state index is 10.7. The van der Waals surface area contributed by atoms with E-state index < -0.39 is 5.97 Å². The van der Waals surface area contributed by atoms with Gasteiger partial charge in [0, 0.05) is 12.4 Å². The second-order valence-electron chi connectivity index (χ2n) is 2.79. The van der Waals surface area contributed by atoms with Crippen LogP contribution in [0.2, 0.25) is 5.15 Å². The van der Waals surface area contributed by atoms with Crippen LogP contribution in [0.1, 0.15) is 10.5 Å². The summed E-state index contributed by atoms with van der Waals surface area (Å²) in [6, 6.07) is 4.68. The van der Waals surface area contributed by atoms with Gasteiger partial charge in [0.1, 0.15) is 5.69 Å². The van der Waals surface area contributed by atoms with E-state index in [1.807, 2.05) is 0 Å². The first kappa shape index (κ1) is 9.67. The van der Waals surface area contributed by atoms with Crippen LogP contribution in [0.15, 0.2) is 30.6 Å². The molecule has 0 aromatic carbocycles. The van der Waals surface area contributed by atoms with Gasteiger partial charge in [-0.1, -0.05) is 11.6 Å². The molecule has 76 valence electrons. The molecule has 0 fully saturated rings. The molecule has 15 heavy (non-hydrogen) atoms. The number of nitrogens with zero attached hydrogens (tertiary/aromatic N) is 3. The molecule has 0 atom stereocenters. The smallest absolute Gasteiger partial charge is 0.354 e. The van der Waals surface area contributed by atoms with E-state index >= 15 is 0 Å². The van der Waals surface area contributed by atoms with Gasteiger partial charge >= 0.3 is 5.97 Å². The third kappa shape index (κ3) is 1.97. The lowest BCUT2D eigenvalue weighted by molar-refractivity contribution is 0.0690. The fraction of sp³-hybridized carbons (Fsp3) is 0. The van der Waals surface area contributed by atoms with E-state index in [1.54, 1.807) is 18.3 Å². The first-order valence-electron chi connectivity index (χ1n) is 4.08. The van der Waals surface area contributed by atoms with E-state index in [4.69, 9.17) is 16.7 Å². The zero-order valence-electron chi connectivity index (χ0n) is 7.46. The highest BCUT2D eigenvalue weighted by Crippen LogP contribution is 2.10. The largest absolute Gasteiger partial charge is 0.477 e. The second kappa shape index (κ2) is 3.70. The van der Waals surface area contributed by atoms with E-state index in [0.717, 1.165) is 0 Å². The number of carboxylic acid groups (broad SMARTS) is 1. The van der Waals surface area contributed by atoms with E-state index in [2.05, 4.69) is 10.1 Å². The minimum atomic E-state index is -1.07. The SMILES string of the molecule is O=C(O)c1cc(-n2ccc(Cl)n2)ccn1. The van der Waals surface area contributed by atoms with Crippen LogP contribution in [0.4, 0.5) is 0 Å². The Labute approximate surface area is 89.9 Å². The van der Waals surface area contributed by atoms with Crippen LogP contribution < -0.4 is 0 Å². The lowest BCUT2D eigenvalue weighted by Gasteiger charge is -2.01. The summed E-state index contributed by atoms with van der Waals surface area (Å²) in [5.41, 5.74) is 0.577. The standard InChI is InChI=1S/C9H6ClN3O2/c10-8-2-4-13(12-8)6-1-3-11-7(5-6)9(14)15/h1-5H,(H,14,15). The number of carbonyl (C=O) groups is 1. The molecule has 0 radical (unpaired) electrons. The molecule has 0 saturated heterocycles. The third-order valence-corrected chi connectivity index (χ3v) is 1.99. The number of rotatable bonds is 2. The first-order chi connectivity index (χ1) is 7.16. The molecule has 0 aliphatic heterocycles. The highest BCUT2D eigenvalue weighted by Gasteiger charge is 2.06. The molecule has 5 nitrogen and oxygen atoms in total. The summed E-state index contributed by atoms with van der Waals surface area (Å²) >= 11 is 5.65. The van der Waals surface area contributed by atoms with Crippen molar-refractivity contribution in [2.45, 2.75) is 0 Å². The fourth-order valence-corrected chi connectivity index (χ4v) is 1.26. The van der Waals surface area contributed by atoms with Crippen molar-refractivity contribution in [1.82, 2.24) is 14.8 Å². The summed E-state index contributed by atoms with van der Waals surface area (Å²) in [5.74, 6) is -1.07. The fourth-order valence-electron chi connectivity index (χ4n) is 1.12. The van der Waals surface area contributed by atoms with Gasteiger partial charge in [0.05, 0.1) is 5.69 Å². The van der Waals surface area contributed by atoms with Gasteiger partial charge in [-0.3, -0.25) is 0 Å². The Balaban J connectivity index is 2.45. The Bertz CT molecular complexity index is 510. The van der Waals surface area contributed by atoms with E-state index in [-0.39, 0.29) is 5.69 Å². The Hall–Kier alpha value is -1.88. The maximum Gasteiger partial charge on any atom is 0.354 e. The lowest BCUT2D eigenvalue weighted by Crippen LogP contribution is -2.02. The average molecular weight is 224 g/mol. The molecular weight excluding hydrogens is 218 g/mol. The van der Waals surface area contributed by atoms with Crippen molar-refractivity contribution < 1.29 is 9.90 Å². The number of pyridine rings is 1. The lowest BCUT2D eigenvalue weighted by atomic mass is 10.3. The quantitative estimate of drug-likeness (QED) is 0.840. The molecule has 0 saturated carbocycles. The Kier molecular flexibility index (Phi) is 2.39. The molecular formula is C9H6ClN3O2. The second-order valence-corrected chi connectivity index (χ2v) is 3.17. The number of hydrogen-bond donors (Lipinski definition) is 1. The Morgan fingerprint density at radius 1 is 1.47 bits per heavy atom. The molecule has 2 aromatic heterocycles. The third-order valence-electron chi connectivity index (χ3n) is 1.78. The topological polar surface area (TPSA) is 68.0 Å². The van der Waals surface area contributed by atoms with Gasteiger partial charge < -0.3 is 5.11 Å². The highest BCUT2D eigenvalue weighted by atomic mass is 35.5. The van der Waals surface area contributed by atoms with Gasteiger partial charge in [-0.15, -0.1) is 0 Å². The Morgan fingerprint density at radius 3 is 2.87 bits per heavy atom. The van der Waals surface area contributed by atoms with Gasteiger partial charge in [0.2, 0.25) is 0 Å². The minimum absolute atomic E-state index is 0.0286. The van der Waals surface area contributed by atoms with Crippen LogP contribution in [0.3, 0.4) is 0 Å². The van der Waals surface area contributed by atoms with Crippen LogP contribution in [0, 0.1) is 0 Å². The van der Waals surface area contributed by atoms with Crippen LogP contribution in [0.5, 0.6) is 0 Å². The van der Waals surface area contributed by atoms with Crippen LogP contribution >= 0.6 is 11.6 Å². The maximum absolute atomic E-state index is 10.7. The average Bonchev–Trinajstić information content (AvgIpc) is 2.65. The van der Waals surface area contributed by atoms with E-state index in [0.29, 0.717) is 10.8 Å². The molecule has 0 aliphatic rings. The predicted octanol–water partition coefficient (Wildman–Crippen LogP) is 1.62. The van der Waals surface area contributed by atoms with Crippen molar-refractivity contribution in [3.05, 3.63) is 41.4 Å². The van der Waals surface area contributed by atoms with Gasteiger partial charge in [-0.2, -0.15) is 5.10 Å². The summed E-state index contributed by atoms with van der Waals surface area (Å²) in [5, 5.41) is 13.0. The molecule has 0 amide bonds. The van der Waals surface area contributed by atoms with Crippen LogP contribution in [-0.2, 0) is 0 Å². The summed E-state index contributed by atoms with van der Waals surface area (Å²) < 4.78 is 1.48. The number of carboxylic acids is 1. The summed E-state index contributed by atoms with van der Waals surface area (Å²) in [6.07, 6.45) is 3.05. The molecule has 0 aliphatic carbocycles. The summed E-state index contributed by atoms with van der Waals surface area (Å²) in [7, 11) is 0. The molecule has 2 aromatic rings. The predicted molar refractivity (Wildman–Crippen MR) is 53.3 cm³/mol. The van der Waals surface area contributed by atoms with Gasteiger partial charge in [0.15, 0.2) is 5.15 Å². The molecule has 2 rings (SSSR count). The van der Waals surface area contributed by atoms with Gasteiger partial charge in [0.25, 0.3) is 0 Å². The van der Waals surface area contributed by atoms with Crippen molar-refractivity contribution in [1.29, 1.82) is 0 Å². The monoisotopic (exact) mass is 223 g/mol. The molecule has 0 unspecified atom stereocenters. The minimum Gasteiger partial charge on any atom is -0.477 e. The van der Waals surface area contributed by atoms with Crippen molar-refractivity contribution in [2.75, 3.05) is 0 Å². The molecule has 0 spiro atoms.